The fraction of sp³-hybridized carbons (Fsp3) is 0.0882. The van der Waals surface area contributed by atoms with Gasteiger partial charge in [-0.25, -0.2) is 10.3 Å². The van der Waals surface area contributed by atoms with E-state index in [1.165, 1.54) is 0 Å². The highest BCUT2D eigenvalue weighted by Gasteiger charge is 2.21. The number of aliphatic imine (C=N–C) groups is 1. The van der Waals surface area contributed by atoms with Gasteiger partial charge in [0.1, 0.15) is 0 Å². The summed E-state index contributed by atoms with van der Waals surface area (Å²) >= 11 is 0. The van der Waals surface area contributed by atoms with Crippen LogP contribution in [0.15, 0.2) is 109 Å². The first-order chi connectivity index (χ1) is 21.0. The maximum Gasteiger partial charge on any atom is 0.337 e. The lowest BCUT2D eigenvalue weighted by Crippen LogP contribution is -2.18. The number of hydroxylamine groups is 1. The molecule has 0 radical (unpaired) electrons. The number of hydrogen-bond acceptors (Lipinski definition) is 6. The summed E-state index contributed by atoms with van der Waals surface area (Å²) in [5, 5.41) is 11.0. The Morgan fingerprint density at radius 2 is 1.79 bits per heavy atom. The van der Waals surface area contributed by atoms with Gasteiger partial charge in [-0.2, -0.15) is 9.98 Å². The maximum atomic E-state index is 12.0. The Morgan fingerprint density at radius 1 is 0.977 bits per heavy atom. The van der Waals surface area contributed by atoms with Crippen LogP contribution < -0.4 is 10.2 Å². The Hall–Kier alpha value is -5.83. The first kappa shape index (κ1) is 26.1. The second-order valence-corrected chi connectivity index (χ2v) is 10.2. The Morgan fingerprint density at radius 3 is 2.56 bits per heavy atom. The zero-order valence-corrected chi connectivity index (χ0v) is 23.3. The molecule has 6 aromatic rings. The van der Waals surface area contributed by atoms with Gasteiger partial charge in [0, 0.05) is 28.2 Å². The summed E-state index contributed by atoms with van der Waals surface area (Å²) in [6, 6.07) is 28.1. The molecule has 7 rings (SSSR count). The topological polar surface area (TPSA) is 114 Å². The number of para-hydroxylation sites is 2. The number of nitrogens with one attached hydrogen (secondary N) is 2. The molecule has 0 amide bonds. The molecule has 212 valence electrons. The molecule has 1 aliphatic rings. The molecule has 0 saturated heterocycles. The number of benzene rings is 4. The van der Waals surface area contributed by atoms with Crippen molar-refractivity contribution in [1.82, 2.24) is 20.0 Å². The number of carboxylic acid groups (broad SMARTS) is 1. The molecule has 2 aromatic heterocycles. The van der Waals surface area contributed by atoms with Crippen LogP contribution in [0, 0.1) is 0 Å². The summed E-state index contributed by atoms with van der Waals surface area (Å²) in [5.41, 5.74) is 11.2. The Balaban J connectivity index is 1.30. The number of aromatic carboxylic acids is 1. The molecule has 0 unspecified atom stereocenters. The van der Waals surface area contributed by atoms with Crippen molar-refractivity contribution in [1.29, 1.82) is 0 Å². The van der Waals surface area contributed by atoms with Crippen LogP contribution in [0.5, 0.6) is 6.01 Å². The molecule has 0 saturated carbocycles. The minimum atomic E-state index is -1.01. The lowest BCUT2D eigenvalue weighted by Gasteiger charge is -2.14. The highest BCUT2D eigenvalue weighted by atomic mass is 16.7. The third-order valence-electron chi connectivity index (χ3n) is 7.52. The molecule has 0 aliphatic carbocycles. The van der Waals surface area contributed by atoms with E-state index < -0.39 is 5.97 Å². The molecule has 3 N–H and O–H groups in total. The SMILES string of the molecule is C=C1N=C(c2ccc(-c3c[nH]c4ccccc34)cc2-c2ccc(Cn3c(OCC)nc4cccc(C(=O)O)c43)cc2)NO1. The molecule has 0 atom stereocenters. The Bertz CT molecular complexity index is 2070. The first-order valence-corrected chi connectivity index (χ1v) is 13.9. The van der Waals surface area contributed by atoms with Gasteiger partial charge in [-0.05, 0) is 66.1 Å². The van der Waals surface area contributed by atoms with Gasteiger partial charge in [-0.3, -0.25) is 4.57 Å². The smallest absolute Gasteiger partial charge is 0.337 e. The van der Waals surface area contributed by atoms with Crippen LogP contribution in [0.3, 0.4) is 0 Å². The van der Waals surface area contributed by atoms with Crippen molar-refractivity contribution >= 4 is 33.7 Å². The van der Waals surface area contributed by atoms with Crippen LogP contribution in [0.25, 0.3) is 44.2 Å². The molecule has 0 spiro atoms. The van der Waals surface area contributed by atoms with Crippen molar-refractivity contribution < 1.29 is 19.5 Å². The molecular weight excluding hydrogens is 542 g/mol. The molecule has 4 aromatic carbocycles. The predicted octanol–water partition coefficient (Wildman–Crippen LogP) is 6.75. The summed E-state index contributed by atoms with van der Waals surface area (Å²) in [7, 11) is 0. The van der Waals surface area contributed by atoms with Gasteiger partial charge in [0.25, 0.3) is 6.01 Å². The number of hydrogen-bond donors (Lipinski definition) is 3. The van der Waals surface area contributed by atoms with Crippen LogP contribution >= 0.6 is 0 Å². The number of aromatic nitrogens is 3. The lowest BCUT2D eigenvalue weighted by atomic mass is 9.93. The minimum absolute atomic E-state index is 0.181. The largest absolute Gasteiger partial charge is 0.478 e. The number of ether oxygens (including phenoxy) is 1. The number of H-pyrrole nitrogens is 1. The van der Waals surface area contributed by atoms with E-state index in [1.54, 1.807) is 18.2 Å². The number of nitrogens with zero attached hydrogens (tertiary/aromatic N) is 3. The molecule has 9 nitrogen and oxygen atoms in total. The number of imidazole rings is 1. The number of carbonyl (C=O) groups is 1. The van der Waals surface area contributed by atoms with Gasteiger partial charge in [0.05, 0.1) is 29.7 Å². The molecule has 43 heavy (non-hydrogen) atoms. The molecule has 0 bridgehead atoms. The van der Waals surface area contributed by atoms with Crippen molar-refractivity contribution in [2.45, 2.75) is 13.5 Å². The fourth-order valence-corrected chi connectivity index (χ4v) is 5.56. The lowest BCUT2D eigenvalue weighted by molar-refractivity contribution is 0.0698. The number of fused-ring (bicyclic) bond motifs is 2. The standard InChI is InChI=1S/C34H27N5O4/c1-3-42-34-37-30-10-6-8-26(33(40)41)31(30)39(34)19-21-11-13-22(14-12-21)27-17-23(15-16-25(27)32-36-20(2)43-38-32)28-18-35-29-9-5-4-7-24(28)29/h4-18,35H,2-3,19H2,1H3,(H,36,38)(H,40,41). The van der Waals surface area contributed by atoms with Gasteiger partial charge in [0.15, 0.2) is 5.84 Å². The maximum absolute atomic E-state index is 12.0. The average molecular weight is 570 g/mol. The normalized spacial score (nSPS) is 12.8. The number of amidine groups is 1. The molecule has 1 aliphatic heterocycles. The number of rotatable bonds is 8. The first-order valence-electron chi connectivity index (χ1n) is 13.9. The van der Waals surface area contributed by atoms with Crippen molar-refractivity contribution in [2.75, 3.05) is 6.61 Å². The van der Waals surface area contributed by atoms with Gasteiger partial charge in [-0.1, -0.05) is 54.6 Å². The third kappa shape index (κ3) is 4.66. The second kappa shape index (κ2) is 10.5. The van der Waals surface area contributed by atoms with Gasteiger partial charge in [0.2, 0.25) is 5.88 Å². The van der Waals surface area contributed by atoms with E-state index >= 15 is 0 Å². The highest BCUT2D eigenvalue weighted by Crippen LogP contribution is 2.35. The van der Waals surface area contributed by atoms with Gasteiger partial charge in [-0.15, -0.1) is 0 Å². The molecule has 3 heterocycles. The summed E-state index contributed by atoms with van der Waals surface area (Å²) in [6.45, 7) is 6.48. The van der Waals surface area contributed by atoms with E-state index in [2.05, 4.69) is 63.4 Å². The second-order valence-electron chi connectivity index (χ2n) is 10.2. The average Bonchev–Trinajstić information content (AvgIpc) is 3.74. The van der Waals surface area contributed by atoms with E-state index in [4.69, 9.17) is 9.57 Å². The van der Waals surface area contributed by atoms with E-state index in [1.807, 2.05) is 48.0 Å². The van der Waals surface area contributed by atoms with Crippen molar-refractivity contribution in [2.24, 2.45) is 4.99 Å². The summed E-state index contributed by atoms with van der Waals surface area (Å²) < 4.78 is 7.62. The van der Waals surface area contributed by atoms with Gasteiger partial charge >= 0.3 is 5.97 Å². The highest BCUT2D eigenvalue weighted by molar-refractivity contribution is 6.06. The number of aromatic amines is 1. The molecule has 9 heteroatoms. The van der Waals surface area contributed by atoms with Crippen molar-refractivity contribution in [3.63, 3.8) is 0 Å². The predicted molar refractivity (Wildman–Crippen MR) is 166 cm³/mol. The van der Waals surface area contributed by atoms with Crippen LogP contribution in [0.1, 0.15) is 28.4 Å². The quantitative estimate of drug-likeness (QED) is 0.187. The third-order valence-corrected chi connectivity index (χ3v) is 7.52. The van der Waals surface area contributed by atoms with Crippen LogP contribution in [-0.4, -0.2) is 38.1 Å². The van der Waals surface area contributed by atoms with Gasteiger partial charge < -0.3 is 19.7 Å². The van der Waals surface area contributed by atoms with Crippen LogP contribution in [0.4, 0.5) is 0 Å². The summed E-state index contributed by atoms with van der Waals surface area (Å²) in [4.78, 5) is 29.7. The Labute approximate surface area is 246 Å². The zero-order valence-electron chi connectivity index (χ0n) is 23.3. The van der Waals surface area contributed by atoms with E-state index in [-0.39, 0.29) is 5.56 Å². The van der Waals surface area contributed by atoms with Crippen LogP contribution in [-0.2, 0) is 11.4 Å². The summed E-state index contributed by atoms with van der Waals surface area (Å²) in [5.74, 6) is -0.125. The fourth-order valence-electron chi connectivity index (χ4n) is 5.56. The molecular formula is C34H27N5O4. The molecule has 0 fully saturated rings. The van der Waals surface area contributed by atoms with Crippen molar-refractivity contribution in [3.8, 4) is 28.3 Å². The van der Waals surface area contributed by atoms with E-state index in [0.29, 0.717) is 41.9 Å². The van der Waals surface area contributed by atoms with E-state index in [0.717, 1.165) is 44.3 Å². The van der Waals surface area contributed by atoms with Crippen LogP contribution in [0.2, 0.25) is 0 Å². The summed E-state index contributed by atoms with van der Waals surface area (Å²) in [6.07, 6.45) is 2.03. The monoisotopic (exact) mass is 569 g/mol. The Kier molecular flexibility index (Phi) is 6.39. The van der Waals surface area contributed by atoms with Crippen molar-refractivity contribution in [3.05, 3.63) is 120 Å². The zero-order chi connectivity index (χ0) is 29.5. The van der Waals surface area contributed by atoms with E-state index in [9.17, 15) is 9.90 Å². The number of carboxylic acids is 1. The minimum Gasteiger partial charge on any atom is -0.478 e.